The summed E-state index contributed by atoms with van der Waals surface area (Å²) in [6.45, 7) is 6.97. The van der Waals surface area contributed by atoms with Crippen molar-refractivity contribution in [1.82, 2.24) is 15.1 Å². The van der Waals surface area contributed by atoms with Gasteiger partial charge in [0.15, 0.2) is 0 Å². The molecular formula is C9H17N3O. The van der Waals surface area contributed by atoms with Crippen molar-refractivity contribution < 1.29 is 4.79 Å². The van der Waals surface area contributed by atoms with Crippen molar-refractivity contribution in [2.75, 3.05) is 26.7 Å². The van der Waals surface area contributed by atoms with Gasteiger partial charge in [0.2, 0.25) is 5.91 Å². The Hall–Kier alpha value is -0.610. The van der Waals surface area contributed by atoms with E-state index in [2.05, 4.69) is 24.1 Å². The van der Waals surface area contributed by atoms with Crippen molar-refractivity contribution in [2.45, 2.75) is 25.6 Å². The van der Waals surface area contributed by atoms with Crippen molar-refractivity contribution in [2.24, 2.45) is 0 Å². The van der Waals surface area contributed by atoms with Gasteiger partial charge in [0, 0.05) is 26.7 Å². The number of hydrogen-bond donors (Lipinski definition) is 1. The Morgan fingerprint density at radius 3 is 2.85 bits per heavy atom. The first kappa shape index (κ1) is 8.97. The number of piperazine rings is 1. The summed E-state index contributed by atoms with van der Waals surface area (Å²) < 4.78 is 0. The molecule has 0 bridgehead atoms. The van der Waals surface area contributed by atoms with Crippen LogP contribution in [0.5, 0.6) is 0 Å². The molecule has 2 rings (SSSR count). The van der Waals surface area contributed by atoms with Crippen molar-refractivity contribution >= 4 is 5.91 Å². The zero-order valence-electron chi connectivity index (χ0n) is 8.50. The summed E-state index contributed by atoms with van der Waals surface area (Å²) in [6.07, 6.45) is 0. The van der Waals surface area contributed by atoms with E-state index >= 15 is 0 Å². The Morgan fingerprint density at radius 2 is 2.23 bits per heavy atom. The van der Waals surface area contributed by atoms with Crippen molar-refractivity contribution in [3.63, 3.8) is 0 Å². The summed E-state index contributed by atoms with van der Waals surface area (Å²) in [6, 6.07) is 0.0637. The molecule has 0 aromatic carbocycles. The largest absolute Gasteiger partial charge is 0.326 e. The van der Waals surface area contributed by atoms with Crippen LogP contribution in [-0.2, 0) is 4.79 Å². The molecule has 1 atom stereocenters. The van der Waals surface area contributed by atoms with Crippen molar-refractivity contribution in [1.29, 1.82) is 0 Å². The first-order valence-electron chi connectivity index (χ1n) is 4.80. The fourth-order valence-electron chi connectivity index (χ4n) is 2.27. The molecule has 13 heavy (non-hydrogen) atoms. The highest BCUT2D eigenvalue weighted by atomic mass is 16.2. The smallest absolute Gasteiger partial charge is 0.242 e. The van der Waals surface area contributed by atoms with Crippen molar-refractivity contribution in [3.05, 3.63) is 0 Å². The Bertz CT molecular complexity index is 239. The van der Waals surface area contributed by atoms with E-state index in [9.17, 15) is 4.79 Å². The second-order valence-corrected chi connectivity index (χ2v) is 4.30. The van der Waals surface area contributed by atoms with Gasteiger partial charge in [0.25, 0.3) is 0 Å². The summed E-state index contributed by atoms with van der Waals surface area (Å²) >= 11 is 0. The third-order valence-corrected chi connectivity index (χ3v) is 3.38. The highest BCUT2D eigenvalue weighted by Gasteiger charge is 2.49. The lowest BCUT2D eigenvalue weighted by molar-refractivity contribution is -0.129. The van der Waals surface area contributed by atoms with Gasteiger partial charge in [0.1, 0.15) is 6.04 Å². The Morgan fingerprint density at radius 1 is 1.54 bits per heavy atom. The van der Waals surface area contributed by atoms with Gasteiger partial charge in [-0.3, -0.25) is 9.69 Å². The molecule has 2 saturated heterocycles. The SMILES string of the molecule is CN1C(=O)[C@@H]2CNCCN2C1(C)C. The van der Waals surface area contributed by atoms with Gasteiger partial charge in [0.05, 0.1) is 5.66 Å². The number of fused-ring (bicyclic) bond motifs is 1. The standard InChI is InChI=1S/C9H17N3O/c1-9(2)11(3)8(13)7-6-10-4-5-12(7)9/h7,10H,4-6H2,1-3H3/t7-/m0/s1. The first-order valence-corrected chi connectivity index (χ1v) is 4.80. The number of rotatable bonds is 0. The predicted octanol–water partition coefficient (Wildman–Crippen LogP) is -0.532. The predicted molar refractivity (Wildman–Crippen MR) is 50.2 cm³/mol. The number of amides is 1. The van der Waals surface area contributed by atoms with E-state index in [1.165, 1.54) is 0 Å². The summed E-state index contributed by atoms with van der Waals surface area (Å²) in [5, 5.41) is 3.26. The van der Waals surface area contributed by atoms with E-state index in [4.69, 9.17) is 0 Å². The van der Waals surface area contributed by atoms with Crippen LogP contribution in [0.15, 0.2) is 0 Å². The van der Waals surface area contributed by atoms with Gasteiger partial charge in [-0.25, -0.2) is 0 Å². The molecule has 74 valence electrons. The molecule has 0 unspecified atom stereocenters. The number of nitrogens with one attached hydrogen (secondary N) is 1. The molecular weight excluding hydrogens is 166 g/mol. The van der Waals surface area contributed by atoms with E-state index in [0.29, 0.717) is 0 Å². The molecule has 4 nitrogen and oxygen atoms in total. The lowest BCUT2D eigenvalue weighted by atomic mass is 10.1. The molecule has 2 fully saturated rings. The molecule has 4 heteroatoms. The quantitative estimate of drug-likeness (QED) is 0.548. The molecule has 0 aromatic rings. The molecule has 0 aromatic heterocycles. The van der Waals surface area contributed by atoms with Gasteiger partial charge in [-0.15, -0.1) is 0 Å². The third-order valence-electron chi connectivity index (χ3n) is 3.38. The number of carbonyl (C=O) groups is 1. The molecule has 0 saturated carbocycles. The average molecular weight is 183 g/mol. The molecule has 2 heterocycles. The van der Waals surface area contributed by atoms with Gasteiger partial charge in [-0.2, -0.15) is 0 Å². The summed E-state index contributed by atoms with van der Waals surface area (Å²) in [5.41, 5.74) is -0.107. The lowest BCUT2D eigenvalue weighted by Crippen LogP contribution is -2.56. The topological polar surface area (TPSA) is 35.6 Å². The zero-order chi connectivity index (χ0) is 9.64. The fraction of sp³-hybridized carbons (Fsp3) is 0.889. The fourth-order valence-corrected chi connectivity index (χ4v) is 2.27. The van der Waals surface area contributed by atoms with E-state index in [0.717, 1.165) is 19.6 Å². The summed E-state index contributed by atoms with van der Waals surface area (Å²) in [5.74, 6) is 0.247. The van der Waals surface area contributed by atoms with Crippen LogP contribution in [0.1, 0.15) is 13.8 Å². The molecule has 0 spiro atoms. The van der Waals surface area contributed by atoms with Crippen LogP contribution < -0.4 is 5.32 Å². The van der Waals surface area contributed by atoms with Crippen LogP contribution in [-0.4, -0.2) is 54.1 Å². The second-order valence-electron chi connectivity index (χ2n) is 4.30. The lowest BCUT2D eigenvalue weighted by Gasteiger charge is -2.39. The molecule has 0 radical (unpaired) electrons. The van der Waals surface area contributed by atoms with Crippen LogP contribution in [0.4, 0.5) is 0 Å². The van der Waals surface area contributed by atoms with E-state index in [1.54, 1.807) is 0 Å². The van der Waals surface area contributed by atoms with Crippen LogP contribution >= 0.6 is 0 Å². The minimum atomic E-state index is -0.107. The minimum absolute atomic E-state index is 0.0637. The number of likely N-dealkylation sites (N-methyl/N-ethyl adjacent to an activating group) is 1. The number of carbonyl (C=O) groups excluding carboxylic acids is 1. The van der Waals surface area contributed by atoms with Gasteiger partial charge in [-0.1, -0.05) is 0 Å². The maximum Gasteiger partial charge on any atom is 0.242 e. The molecule has 1 N–H and O–H groups in total. The summed E-state index contributed by atoms with van der Waals surface area (Å²) in [7, 11) is 1.89. The van der Waals surface area contributed by atoms with Gasteiger partial charge < -0.3 is 10.2 Å². The zero-order valence-corrected chi connectivity index (χ0v) is 8.50. The molecule has 0 aliphatic carbocycles. The Labute approximate surface area is 78.9 Å². The van der Waals surface area contributed by atoms with Gasteiger partial charge in [-0.05, 0) is 13.8 Å². The normalized spacial score (nSPS) is 33.6. The van der Waals surface area contributed by atoms with E-state index in [1.807, 2.05) is 11.9 Å². The maximum absolute atomic E-state index is 11.8. The Balaban J connectivity index is 2.29. The van der Waals surface area contributed by atoms with Crippen LogP contribution in [0, 0.1) is 0 Å². The van der Waals surface area contributed by atoms with E-state index < -0.39 is 0 Å². The highest BCUT2D eigenvalue weighted by molar-refractivity contribution is 5.85. The summed E-state index contributed by atoms with van der Waals surface area (Å²) in [4.78, 5) is 15.9. The molecule has 2 aliphatic heterocycles. The average Bonchev–Trinajstić information content (AvgIpc) is 2.30. The monoisotopic (exact) mass is 183 g/mol. The number of hydrogen-bond acceptors (Lipinski definition) is 3. The van der Waals surface area contributed by atoms with Crippen molar-refractivity contribution in [3.8, 4) is 0 Å². The number of nitrogens with zero attached hydrogens (tertiary/aromatic N) is 2. The van der Waals surface area contributed by atoms with Crippen LogP contribution in [0.3, 0.4) is 0 Å². The highest BCUT2D eigenvalue weighted by Crippen LogP contribution is 2.30. The molecule has 1 amide bonds. The maximum atomic E-state index is 11.8. The van der Waals surface area contributed by atoms with Crippen LogP contribution in [0.25, 0.3) is 0 Å². The first-order chi connectivity index (χ1) is 6.05. The van der Waals surface area contributed by atoms with E-state index in [-0.39, 0.29) is 17.6 Å². The minimum Gasteiger partial charge on any atom is -0.326 e. The van der Waals surface area contributed by atoms with Crippen LogP contribution in [0.2, 0.25) is 0 Å². The van der Waals surface area contributed by atoms with Gasteiger partial charge >= 0.3 is 0 Å². The molecule has 2 aliphatic rings. The Kier molecular flexibility index (Phi) is 1.85. The second kappa shape index (κ2) is 2.69. The third kappa shape index (κ3) is 1.09.